The van der Waals surface area contributed by atoms with Crippen LogP contribution in [-0.4, -0.2) is 21.0 Å². The first-order chi connectivity index (χ1) is 10.8. The van der Waals surface area contributed by atoms with Crippen molar-refractivity contribution in [2.24, 2.45) is 0 Å². The topological polar surface area (TPSA) is 58.6 Å². The second kappa shape index (κ2) is 6.53. The van der Waals surface area contributed by atoms with E-state index in [-0.39, 0.29) is 6.61 Å². The summed E-state index contributed by atoms with van der Waals surface area (Å²) in [5.41, 5.74) is 0.946. The van der Waals surface area contributed by atoms with Crippen LogP contribution in [0.15, 0.2) is 73.7 Å². The number of hydrogen-bond acceptors (Lipinski definition) is 5. The van der Waals surface area contributed by atoms with Gasteiger partial charge in [0.05, 0.1) is 6.20 Å². The molecule has 0 unspecified atom stereocenters. The lowest BCUT2D eigenvalue weighted by Gasteiger charge is -2.22. The van der Waals surface area contributed by atoms with Crippen molar-refractivity contribution in [2.45, 2.75) is 6.61 Å². The van der Waals surface area contributed by atoms with E-state index in [1.165, 1.54) is 4.90 Å². The largest absolute Gasteiger partial charge is 0.444 e. The molecule has 1 amide bonds. The Morgan fingerprint density at radius 2 is 1.82 bits per heavy atom. The first-order valence-corrected chi connectivity index (χ1v) is 6.73. The lowest BCUT2D eigenvalue weighted by atomic mass is 10.2. The minimum Gasteiger partial charge on any atom is -0.444 e. The van der Waals surface area contributed by atoms with Crippen molar-refractivity contribution in [1.82, 2.24) is 14.9 Å². The van der Waals surface area contributed by atoms with E-state index in [2.05, 4.69) is 9.97 Å². The van der Waals surface area contributed by atoms with Crippen molar-refractivity contribution < 1.29 is 9.53 Å². The fraction of sp³-hybridized carbons (Fsp3) is 0.0625. The molecule has 1 aliphatic rings. The summed E-state index contributed by atoms with van der Waals surface area (Å²) in [6, 6.07) is 9.55. The molecule has 0 radical (unpaired) electrons. The zero-order chi connectivity index (χ0) is 15.2. The molecule has 0 aliphatic carbocycles. The van der Waals surface area contributed by atoms with Gasteiger partial charge >= 0.3 is 6.09 Å². The van der Waals surface area contributed by atoms with Gasteiger partial charge in [0.2, 0.25) is 0 Å². The third-order valence-corrected chi connectivity index (χ3v) is 3.01. The summed E-state index contributed by atoms with van der Waals surface area (Å²) >= 11 is 0. The number of amides is 1. The Balaban J connectivity index is 1.56. The van der Waals surface area contributed by atoms with Gasteiger partial charge in [0.1, 0.15) is 6.61 Å². The fourth-order valence-corrected chi connectivity index (χ4v) is 1.88. The van der Waals surface area contributed by atoms with Gasteiger partial charge in [-0.2, -0.15) is 0 Å². The number of hydrogen-bond donors (Lipinski definition) is 0. The standard InChI is InChI=1S/C16H14N4O2/c21-16(22-13-14-4-2-1-3-5-14)20-10-8-19(9-11-20)15-12-17-6-7-18-15/h1-12H,13H2. The van der Waals surface area contributed by atoms with Crippen LogP contribution in [0, 0.1) is 0 Å². The predicted octanol–water partition coefficient (Wildman–Crippen LogP) is 2.88. The van der Waals surface area contributed by atoms with E-state index in [4.69, 9.17) is 4.74 Å². The van der Waals surface area contributed by atoms with E-state index in [1.807, 2.05) is 30.3 Å². The number of nitrogens with zero attached hydrogens (tertiary/aromatic N) is 4. The summed E-state index contributed by atoms with van der Waals surface area (Å²) in [6.07, 6.45) is 11.1. The summed E-state index contributed by atoms with van der Waals surface area (Å²) in [5.74, 6) is 0.673. The number of rotatable bonds is 3. The summed E-state index contributed by atoms with van der Waals surface area (Å²) in [4.78, 5) is 23.3. The molecule has 3 rings (SSSR count). The van der Waals surface area contributed by atoms with Crippen molar-refractivity contribution in [3.63, 3.8) is 0 Å². The summed E-state index contributed by atoms with van der Waals surface area (Å²) < 4.78 is 5.25. The molecule has 0 atom stereocenters. The molecule has 2 heterocycles. The van der Waals surface area contributed by atoms with Crippen LogP contribution in [0.2, 0.25) is 0 Å². The Morgan fingerprint density at radius 1 is 1.05 bits per heavy atom. The summed E-state index contributed by atoms with van der Waals surface area (Å²) in [5, 5.41) is 0. The van der Waals surface area contributed by atoms with Gasteiger partial charge in [0.15, 0.2) is 5.82 Å². The zero-order valence-corrected chi connectivity index (χ0v) is 11.7. The van der Waals surface area contributed by atoms with Crippen LogP contribution in [0.5, 0.6) is 0 Å². The molecule has 0 spiro atoms. The molecule has 22 heavy (non-hydrogen) atoms. The predicted molar refractivity (Wildman–Crippen MR) is 81.3 cm³/mol. The van der Waals surface area contributed by atoms with Gasteiger partial charge in [-0.1, -0.05) is 30.3 Å². The molecule has 110 valence electrons. The highest BCUT2D eigenvalue weighted by atomic mass is 16.6. The molecule has 0 fully saturated rings. The Morgan fingerprint density at radius 3 is 2.50 bits per heavy atom. The van der Waals surface area contributed by atoms with Gasteiger partial charge < -0.3 is 9.64 Å². The van der Waals surface area contributed by atoms with E-state index >= 15 is 0 Å². The van der Waals surface area contributed by atoms with E-state index in [0.717, 1.165) is 5.56 Å². The number of carbonyl (C=O) groups excluding carboxylic acids is 1. The van der Waals surface area contributed by atoms with Gasteiger partial charge in [-0.15, -0.1) is 0 Å². The van der Waals surface area contributed by atoms with Crippen LogP contribution < -0.4 is 4.90 Å². The quantitative estimate of drug-likeness (QED) is 0.871. The average Bonchev–Trinajstić information content (AvgIpc) is 2.61. The molecule has 1 aromatic heterocycles. The highest BCUT2D eigenvalue weighted by molar-refractivity contribution is 5.71. The van der Waals surface area contributed by atoms with Crippen molar-refractivity contribution in [3.8, 4) is 0 Å². The Labute approximate surface area is 128 Å². The zero-order valence-electron chi connectivity index (χ0n) is 11.7. The number of anilines is 1. The highest BCUT2D eigenvalue weighted by Crippen LogP contribution is 2.14. The van der Waals surface area contributed by atoms with Crippen molar-refractivity contribution in [1.29, 1.82) is 0 Å². The fourth-order valence-electron chi connectivity index (χ4n) is 1.88. The second-order valence-corrected chi connectivity index (χ2v) is 4.51. The molecule has 0 N–H and O–H groups in total. The first kappa shape index (κ1) is 13.8. The van der Waals surface area contributed by atoms with Crippen LogP contribution >= 0.6 is 0 Å². The number of aromatic nitrogens is 2. The van der Waals surface area contributed by atoms with Gasteiger partial charge in [-0.3, -0.25) is 9.88 Å². The molecule has 6 heteroatoms. The Bertz CT molecular complexity index is 672. The second-order valence-electron chi connectivity index (χ2n) is 4.51. The van der Waals surface area contributed by atoms with Gasteiger partial charge in [-0.25, -0.2) is 9.78 Å². The third-order valence-electron chi connectivity index (χ3n) is 3.01. The lowest BCUT2D eigenvalue weighted by molar-refractivity contribution is 0.121. The molecule has 0 saturated carbocycles. The van der Waals surface area contributed by atoms with Gasteiger partial charge in [0.25, 0.3) is 0 Å². The van der Waals surface area contributed by atoms with Crippen molar-refractivity contribution in [3.05, 3.63) is 79.3 Å². The maximum atomic E-state index is 12.0. The minimum atomic E-state index is -0.435. The third kappa shape index (κ3) is 3.29. The Kier molecular flexibility index (Phi) is 4.10. The van der Waals surface area contributed by atoms with Crippen LogP contribution in [0.25, 0.3) is 0 Å². The Hall–Kier alpha value is -3.15. The van der Waals surface area contributed by atoms with E-state index in [0.29, 0.717) is 5.82 Å². The van der Waals surface area contributed by atoms with Crippen LogP contribution in [0.3, 0.4) is 0 Å². The normalized spacial score (nSPS) is 13.3. The van der Waals surface area contributed by atoms with E-state index in [1.54, 1.807) is 48.3 Å². The summed E-state index contributed by atoms with van der Waals surface area (Å²) in [6.45, 7) is 0.242. The lowest BCUT2D eigenvalue weighted by Crippen LogP contribution is -2.26. The molecule has 0 bridgehead atoms. The molecular formula is C16H14N4O2. The molecule has 0 saturated heterocycles. The SMILES string of the molecule is O=C(OCc1ccccc1)N1C=CN(c2cnccn2)C=C1. The number of ether oxygens (including phenoxy) is 1. The molecule has 2 aromatic rings. The highest BCUT2D eigenvalue weighted by Gasteiger charge is 2.14. The maximum absolute atomic E-state index is 12.0. The molecular weight excluding hydrogens is 280 g/mol. The van der Waals surface area contributed by atoms with Crippen molar-refractivity contribution >= 4 is 11.9 Å². The van der Waals surface area contributed by atoms with Crippen molar-refractivity contribution in [2.75, 3.05) is 4.90 Å². The number of benzene rings is 1. The van der Waals surface area contributed by atoms with E-state index < -0.39 is 6.09 Å². The maximum Gasteiger partial charge on any atom is 0.418 e. The van der Waals surface area contributed by atoms with Gasteiger partial charge in [-0.05, 0) is 5.56 Å². The summed E-state index contributed by atoms with van der Waals surface area (Å²) in [7, 11) is 0. The first-order valence-electron chi connectivity index (χ1n) is 6.73. The smallest absolute Gasteiger partial charge is 0.418 e. The number of carbonyl (C=O) groups is 1. The molecule has 6 nitrogen and oxygen atoms in total. The monoisotopic (exact) mass is 294 g/mol. The van der Waals surface area contributed by atoms with Crippen LogP contribution in [-0.2, 0) is 11.3 Å². The van der Waals surface area contributed by atoms with Gasteiger partial charge in [0, 0.05) is 37.2 Å². The molecule has 1 aromatic carbocycles. The molecule has 1 aliphatic heterocycles. The van der Waals surface area contributed by atoms with E-state index in [9.17, 15) is 4.79 Å². The average molecular weight is 294 g/mol. The van der Waals surface area contributed by atoms with Crippen LogP contribution in [0.1, 0.15) is 5.56 Å². The van der Waals surface area contributed by atoms with Crippen LogP contribution in [0.4, 0.5) is 10.6 Å². The minimum absolute atomic E-state index is 0.242.